The Bertz CT molecular complexity index is 728. The highest BCUT2D eigenvalue weighted by Crippen LogP contribution is 2.29. The third kappa shape index (κ3) is 3.48. The zero-order valence-electron chi connectivity index (χ0n) is 12.5. The molecule has 1 aliphatic rings. The average molecular weight is 311 g/mol. The van der Waals surface area contributed by atoms with Crippen LogP contribution in [0.5, 0.6) is 0 Å². The number of nitrogens with one attached hydrogen (secondary N) is 2. The first-order chi connectivity index (χ1) is 11.1. The second kappa shape index (κ2) is 6.48. The van der Waals surface area contributed by atoms with E-state index in [9.17, 15) is 14.9 Å². The van der Waals surface area contributed by atoms with E-state index in [0.29, 0.717) is 5.69 Å². The van der Waals surface area contributed by atoms with Crippen molar-refractivity contribution in [2.75, 3.05) is 5.32 Å². The van der Waals surface area contributed by atoms with Gasteiger partial charge in [-0.05, 0) is 42.5 Å². The lowest BCUT2D eigenvalue weighted by molar-refractivity contribution is -0.384. The van der Waals surface area contributed by atoms with Crippen LogP contribution in [0.25, 0.3) is 0 Å². The molecule has 0 aliphatic heterocycles. The Labute approximate surface area is 133 Å². The van der Waals surface area contributed by atoms with Crippen molar-refractivity contribution in [1.82, 2.24) is 5.32 Å². The highest BCUT2D eigenvalue weighted by atomic mass is 16.6. The molecule has 1 atom stereocenters. The standard InChI is InChI=1S/C17H17N3O3/c21-17(18-13-8-10-14(11-9-13)20(22)23)19-16-7-3-5-12-4-1-2-6-15(12)16/h1-2,4,6,8-11,16H,3,5,7H2,(H2,18,19,21)/t16-/m0/s1. The second-order valence-corrected chi connectivity index (χ2v) is 5.55. The number of nitro benzene ring substituents is 1. The van der Waals surface area contributed by atoms with Gasteiger partial charge in [0.1, 0.15) is 0 Å². The number of non-ortho nitro benzene ring substituents is 1. The van der Waals surface area contributed by atoms with Crippen molar-refractivity contribution in [2.45, 2.75) is 25.3 Å². The fourth-order valence-corrected chi connectivity index (χ4v) is 2.90. The lowest BCUT2D eigenvalue weighted by atomic mass is 9.88. The maximum atomic E-state index is 12.2. The molecule has 23 heavy (non-hydrogen) atoms. The van der Waals surface area contributed by atoms with Gasteiger partial charge in [-0.3, -0.25) is 10.1 Å². The summed E-state index contributed by atoms with van der Waals surface area (Å²) in [6, 6.07) is 13.6. The third-order valence-electron chi connectivity index (χ3n) is 4.01. The minimum Gasteiger partial charge on any atom is -0.331 e. The quantitative estimate of drug-likeness (QED) is 0.668. The van der Waals surface area contributed by atoms with E-state index >= 15 is 0 Å². The van der Waals surface area contributed by atoms with Crippen molar-refractivity contribution in [3.8, 4) is 0 Å². The number of carbonyl (C=O) groups excluding carboxylic acids is 1. The minimum atomic E-state index is -0.469. The van der Waals surface area contributed by atoms with Crippen molar-refractivity contribution < 1.29 is 9.72 Å². The van der Waals surface area contributed by atoms with Crippen LogP contribution < -0.4 is 10.6 Å². The van der Waals surface area contributed by atoms with Crippen LogP contribution in [0.4, 0.5) is 16.2 Å². The van der Waals surface area contributed by atoms with Crippen LogP contribution in [-0.4, -0.2) is 11.0 Å². The number of nitrogens with zero attached hydrogens (tertiary/aromatic N) is 1. The fourth-order valence-electron chi connectivity index (χ4n) is 2.90. The summed E-state index contributed by atoms with van der Waals surface area (Å²) >= 11 is 0. The van der Waals surface area contributed by atoms with Crippen LogP contribution in [0.2, 0.25) is 0 Å². The highest BCUT2D eigenvalue weighted by molar-refractivity contribution is 5.89. The monoisotopic (exact) mass is 311 g/mol. The van der Waals surface area contributed by atoms with Gasteiger partial charge in [0.15, 0.2) is 0 Å². The normalized spacial score (nSPS) is 16.3. The van der Waals surface area contributed by atoms with Gasteiger partial charge >= 0.3 is 6.03 Å². The molecular formula is C17H17N3O3. The predicted molar refractivity (Wildman–Crippen MR) is 87.4 cm³/mol. The number of hydrogen-bond acceptors (Lipinski definition) is 3. The van der Waals surface area contributed by atoms with E-state index in [1.54, 1.807) is 0 Å². The summed E-state index contributed by atoms with van der Waals surface area (Å²) in [6.07, 6.45) is 2.99. The number of benzene rings is 2. The molecule has 0 unspecified atom stereocenters. The van der Waals surface area contributed by atoms with E-state index in [1.807, 2.05) is 18.2 Å². The molecule has 1 aliphatic carbocycles. The maximum absolute atomic E-state index is 12.2. The molecule has 0 saturated carbocycles. The van der Waals surface area contributed by atoms with E-state index in [2.05, 4.69) is 16.7 Å². The Morgan fingerprint density at radius 3 is 2.61 bits per heavy atom. The zero-order valence-corrected chi connectivity index (χ0v) is 12.5. The molecule has 6 nitrogen and oxygen atoms in total. The van der Waals surface area contributed by atoms with E-state index in [4.69, 9.17) is 0 Å². The Kier molecular flexibility index (Phi) is 4.23. The van der Waals surface area contributed by atoms with Crippen LogP contribution >= 0.6 is 0 Å². The number of anilines is 1. The SMILES string of the molecule is O=C(Nc1ccc([N+](=O)[O-])cc1)N[C@H]1CCCc2ccccc21. The van der Waals surface area contributed by atoms with Crippen molar-refractivity contribution in [3.05, 3.63) is 69.8 Å². The number of amides is 2. The molecular weight excluding hydrogens is 294 g/mol. The molecule has 2 amide bonds. The zero-order chi connectivity index (χ0) is 16.2. The molecule has 3 rings (SSSR count). The first kappa shape index (κ1) is 15.0. The van der Waals surface area contributed by atoms with Gasteiger partial charge < -0.3 is 10.6 Å². The van der Waals surface area contributed by atoms with Gasteiger partial charge in [0.25, 0.3) is 5.69 Å². The van der Waals surface area contributed by atoms with E-state index in [1.165, 1.54) is 29.8 Å². The average Bonchev–Trinajstić information content (AvgIpc) is 2.55. The summed E-state index contributed by atoms with van der Waals surface area (Å²) in [5.41, 5.74) is 2.96. The van der Waals surface area contributed by atoms with Crippen LogP contribution in [0.1, 0.15) is 30.0 Å². The number of fused-ring (bicyclic) bond motifs is 1. The molecule has 2 aromatic rings. The Morgan fingerprint density at radius 1 is 1.13 bits per heavy atom. The van der Waals surface area contributed by atoms with Crippen LogP contribution in [0.15, 0.2) is 48.5 Å². The van der Waals surface area contributed by atoms with Gasteiger partial charge in [0, 0.05) is 17.8 Å². The minimum absolute atomic E-state index is 0.00185. The van der Waals surface area contributed by atoms with Gasteiger partial charge in [-0.2, -0.15) is 0 Å². The Morgan fingerprint density at radius 2 is 1.87 bits per heavy atom. The first-order valence-corrected chi connectivity index (χ1v) is 7.53. The summed E-state index contributed by atoms with van der Waals surface area (Å²) < 4.78 is 0. The van der Waals surface area contributed by atoms with Gasteiger partial charge in [-0.1, -0.05) is 24.3 Å². The summed E-state index contributed by atoms with van der Waals surface area (Å²) in [6.45, 7) is 0. The number of aryl methyl sites for hydroxylation is 1. The Hall–Kier alpha value is -2.89. The van der Waals surface area contributed by atoms with Gasteiger partial charge in [0.05, 0.1) is 11.0 Å². The molecule has 2 N–H and O–H groups in total. The third-order valence-corrected chi connectivity index (χ3v) is 4.01. The van der Waals surface area contributed by atoms with Crippen molar-refractivity contribution in [3.63, 3.8) is 0 Å². The maximum Gasteiger partial charge on any atom is 0.319 e. The Balaban J connectivity index is 1.65. The van der Waals surface area contributed by atoms with Crippen molar-refractivity contribution in [1.29, 1.82) is 0 Å². The molecule has 0 aromatic heterocycles. The van der Waals surface area contributed by atoms with Crippen molar-refractivity contribution >= 4 is 17.4 Å². The molecule has 118 valence electrons. The van der Waals surface area contributed by atoms with Crippen LogP contribution in [-0.2, 0) is 6.42 Å². The molecule has 0 radical (unpaired) electrons. The number of nitro groups is 1. The first-order valence-electron chi connectivity index (χ1n) is 7.53. The summed E-state index contributed by atoms with van der Waals surface area (Å²) in [5.74, 6) is 0. The lowest BCUT2D eigenvalue weighted by Crippen LogP contribution is -2.34. The molecule has 0 fully saturated rings. The summed E-state index contributed by atoms with van der Waals surface area (Å²) in [5, 5.41) is 16.3. The summed E-state index contributed by atoms with van der Waals surface area (Å²) in [7, 11) is 0. The van der Waals surface area contributed by atoms with Crippen LogP contribution in [0, 0.1) is 10.1 Å². The predicted octanol–water partition coefficient (Wildman–Crippen LogP) is 3.79. The van der Waals surface area contributed by atoms with E-state index in [-0.39, 0.29) is 17.8 Å². The molecule has 2 aromatic carbocycles. The number of rotatable bonds is 3. The second-order valence-electron chi connectivity index (χ2n) is 5.55. The van der Waals surface area contributed by atoms with Gasteiger partial charge in [0.2, 0.25) is 0 Å². The number of urea groups is 1. The van der Waals surface area contributed by atoms with E-state index < -0.39 is 4.92 Å². The largest absolute Gasteiger partial charge is 0.331 e. The smallest absolute Gasteiger partial charge is 0.319 e. The molecule has 0 heterocycles. The fraction of sp³-hybridized carbons (Fsp3) is 0.235. The molecule has 0 bridgehead atoms. The molecule has 0 saturated heterocycles. The van der Waals surface area contributed by atoms with Gasteiger partial charge in [-0.15, -0.1) is 0 Å². The number of carbonyl (C=O) groups is 1. The van der Waals surface area contributed by atoms with Crippen LogP contribution in [0.3, 0.4) is 0 Å². The van der Waals surface area contributed by atoms with Gasteiger partial charge in [-0.25, -0.2) is 4.79 Å². The highest BCUT2D eigenvalue weighted by Gasteiger charge is 2.21. The lowest BCUT2D eigenvalue weighted by Gasteiger charge is -2.26. The topological polar surface area (TPSA) is 84.3 Å². The summed E-state index contributed by atoms with van der Waals surface area (Å²) in [4.78, 5) is 22.3. The number of hydrogen-bond donors (Lipinski definition) is 2. The molecule has 0 spiro atoms. The van der Waals surface area contributed by atoms with Crippen molar-refractivity contribution in [2.24, 2.45) is 0 Å². The molecule has 6 heteroatoms. The van der Waals surface area contributed by atoms with E-state index in [0.717, 1.165) is 24.8 Å².